The standard InChI is InChI=1S/C13H10FNO3S2/c14-9-3-4-11-10(8-9)12(16)5-6-15(11)20(17,18)13-2-1-7-19-13/h1-4,7-8H,5-6H2. The van der Waals surface area contributed by atoms with Gasteiger partial charge in [-0.2, -0.15) is 0 Å². The van der Waals surface area contributed by atoms with Crippen LogP contribution >= 0.6 is 11.3 Å². The molecule has 0 unspecified atom stereocenters. The number of Topliss-reactive ketones (excluding diaryl/α,β-unsaturated/α-hetero) is 1. The minimum absolute atomic E-state index is 0.0566. The first-order valence-corrected chi connectivity index (χ1v) is 8.21. The van der Waals surface area contributed by atoms with Crippen molar-refractivity contribution in [3.8, 4) is 0 Å². The van der Waals surface area contributed by atoms with Gasteiger partial charge in [0.25, 0.3) is 10.0 Å². The quantitative estimate of drug-likeness (QED) is 0.857. The molecule has 3 rings (SSSR count). The SMILES string of the molecule is O=C1CCN(S(=O)(=O)c2cccs2)c2ccc(F)cc21. The smallest absolute Gasteiger partial charge is 0.273 e. The summed E-state index contributed by atoms with van der Waals surface area (Å²) in [6, 6.07) is 6.76. The minimum atomic E-state index is -3.69. The van der Waals surface area contributed by atoms with Crippen LogP contribution < -0.4 is 4.31 Å². The van der Waals surface area contributed by atoms with Crippen molar-refractivity contribution >= 4 is 32.8 Å². The van der Waals surface area contributed by atoms with Gasteiger partial charge in [-0.25, -0.2) is 12.8 Å². The number of anilines is 1. The summed E-state index contributed by atoms with van der Waals surface area (Å²) in [5, 5.41) is 1.67. The van der Waals surface area contributed by atoms with Crippen molar-refractivity contribution in [2.24, 2.45) is 0 Å². The van der Waals surface area contributed by atoms with E-state index in [4.69, 9.17) is 0 Å². The van der Waals surface area contributed by atoms with Crippen LogP contribution in [0.5, 0.6) is 0 Å². The number of halogens is 1. The Hall–Kier alpha value is -1.73. The molecule has 0 amide bonds. The van der Waals surface area contributed by atoms with Crippen LogP contribution in [-0.4, -0.2) is 20.7 Å². The second-order valence-electron chi connectivity index (χ2n) is 4.34. The molecule has 0 atom stereocenters. The van der Waals surface area contributed by atoms with Crippen molar-refractivity contribution in [1.29, 1.82) is 0 Å². The number of nitrogens with zero attached hydrogens (tertiary/aromatic N) is 1. The highest BCUT2D eigenvalue weighted by molar-refractivity contribution is 7.94. The molecule has 0 spiro atoms. The zero-order chi connectivity index (χ0) is 14.3. The molecule has 104 valence electrons. The molecular formula is C13H10FNO3S2. The van der Waals surface area contributed by atoms with E-state index in [0.717, 1.165) is 23.5 Å². The Morgan fingerprint density at radius 2 is 2.05 bits per heavy atom. The monoisotopic (exact) mass is 311 g/mol. The summed E-state index contributed by atoms with van der Waals surface area (Å²) in [6.45, 7) is 0.0811. The highest BCUT2D eigenvalue weighted by atomic mass is 32.2. The average Bonchev–Trinajstić information content (AvgIpc) is 2.94. The van der Waals surface area contributed by atoms with E-state index in [1.165, 1.54) is 16.4 Å². The summed E-state index contributed by atoms with van der Waals surface area (Å²) in [4.78, 5) is 11.8. The van der Waals surface area contributed by atoms with Crippen LogP contribution in [0.25, 0.3) is 0 Å². The van der Waals surface area contributed by atoms with Gasteiger partial charge in [-0.1, -0.05) is 6.07 Å². The second-order valence-corrected chi connectivity index (χ2v) is 7.38. The third-order valence-electron chi connectivity index (χ3n) is 3.11. The first-order valence-electron chi connectivity index (χ1n) is 5.89. The summed E-state index contributed by atoms with van der Waals surface area (Å²) in [6.07, 6.45) is 0.0566. The van der Waals surface area contributed by atoms with E-state index in [-0.39, 0.29) is 34.2 Å². The maximum Gasteiger partial charge on any atom is 0.273 e. The maximum absolute atomic E-state index is 13.2. The highest BCUT2D eigenvalue weighted by Crippen LogP contribution is 2.33. The number of rotatable bonds is 2. The predicted molar refractivity (Wildman–Crippen MR) is 74.2 cm³/mol. The minimum Gasteiger partial charge on any atom is -0.294 e. The Morgan fingerprint density at radius 3 is 2.75 bits per heavy atom. The van der Waals surface area contributed by atoms with Crippen LogP contribution in [0.2, 0.25) is 0 Å². The molecule has 7 heteroatoms. The topological polar surface area (TPSA) is 54.5 Å². The third-order valence-corrected chi connectivity index (χ3v) is 6.30. The lowest BCUT2D eigenvalue weighted by molar-refractivity contribution is 0.0981. The van der Waals surface area contributed by atoms with E-state index in [1.807, 2.05) is 0 Å². The van der Waals surface area contributed by atoms with E-state index in [2.05, 4.69) is 0 Å². The number of hydrogen-bond donors (Lipinski definition) is 0. The molecule has 0 bridgehead atoms. The fourth-order valence-corrected chi connectivity index (χ4v) is 4.76. The lowest BCUT2D eigenvalue weighted by Crippen LogP contribution is -2.37. The predicted octanol–water partition coefficient (Wildman–Crippen LogP) is 2.67. The fraction of sp³-hybridized carbons (Fsp3) is 0.154. The van der Waals surface area contributed by atoms with Gasteiger partial charge in [-0.15, -0.1) is 11.3 Å². The molecule has 0 fully saturated rings. The Labute approximate surface area is 119 Å². The zero-order valence-corrected chi connectivity index (χ0v) is 11.9. The van der Waals surface area contributed by atoms with Crippen LogP contribution in [-0.2, 0) is 10.0 Å². The van der Waals surface area contributed by atoms with Crippen LogP contribution in [0.15, 0.2) is 39.9 Å². The van der Waals surface area contributed by atoms with E-state index < -0.39 is 15.8 Å². The van der Waals surface area contributed by atoms with Gasteiger partial charge in [0.1, 0.15) is 10.0 Å². The summed E-state index contributed by atoms with van der Waals surface area (Å²) >= 11 is 1.11. The summed E-state index contributed by atoms with van der Waals surface area (Å²) in [7, 11) is -3.69. The molecule has 1 aromatic carbocycles. The summed E-state index contributed by atoms with van der Waals surface area (Å²) in [5.41, 5.74) is 0.368. The molecule has 1 aliphatic rings. The molecule has 0 aliphatic carbocycles. The van der Waals surface area contributed by atoms with E-state index in [1.54, 1.807) is 11.4 Å². The first-order chi connectivity index (χ1) is 9.50. The molecule has 1 aliphatic heterocycles. The molecule has 0 saturated carbocycles. The Kier molecular flexibility index (Phi) is 3.10. The molecule has 20 heavy (non-hydrogen) atoms. The largest absolute Gasteiger partial charge is 0.294 e. The van der Waals surface area contributed by atoms with Gasteiger partial charge in [0, 0.05) is 18.5 Å². The van der Waals surface area contributed by atoms with Gasteiger partial charge in [0.05, 0.1) is 5.69 Å². The number of carbonyl (C=O) groups is 1. The van der Waals surface area contributed by atoms with Gasteiger partial charge >= 0.3 is 0 Å². The fourth-order valence-electron chi connectivity index (χ4n) is 2.18. The molecule has 0 N–H and O–H groups in total. The van der Waals surface area contributed by atoms with Crippen molar-refractivity contribution in [3.05, 3.63) is 47.1 Å². The number of thiophene rings is 1. The maximum atomic E-state index is 13.2. The second kappa shape index (κ2) is 4.68. The van der Waals surface area contributed by atoms with Crippen molar-refractivity contribution in [3.63, 3.8) is 0 Å². The van der Waals surface area contributed by atoms with Gasteiger partial charge in [0.2, 0.25) is 0 Å². The average molecular weight is 311 g/mol. The van der Waals surface area contributed by atoms with Crippen LogP contribution in [0, 0.1) is 5.82 Å². The van der Waals surface area contributed by atoms with Crippen molar-refractivity contribution in [2.45, 2.75) is 10.6 Å². The van der Waals surface area contributed by atoms with E-state index in [0.29, 0.717) is 0 Å². The number of carbonyl (C=O) groups excluding carboxylic acids is 1. The number of benzene rings is 1. The van der Waals surface area contributed by atoms with E-state index >= 15 is 0 Å². The lowest BCUT2D eigenvalue weighted by Gasteiger charge is -2.29. The van der Waals surface area contributed by atoms with Crippen molar-refractivity contribution in [1.82, 2.24) is 0 Å². The zero-order valence-electron chi connectivity index (χ0n) is 10.2. The van der Waals surface area contributed by atoms with Crippen LogP contribution in [0.4, 0.5) is 10.1 Å². The molecule has 1 aromatic heterocycles. The Bertz CT molecular complexity index is 769. The van der Waals surface area contributed by atoms with E-state index in [9.17, 15) is 17.6 Å². The first kappa shape index (κ1) is 13.3. The Morgan fingerprint density at radius 1 is 1.25 bits per heavy atom. The van der Waals surface area contributed by atoms with Crippen molar-refractivity contribution in [2.75, 3.05) is 10.8 Å². The number of ketones is 1. The summed E-state index contributed by atoms with van der Waals surface area (Å²) in [5.74, 6) is -0.787. The number of hydrogen-bond acceptors (Lipinski definition) is 4. The molecule has 4 nitrogen and oxygen atoms in total. The lowest BCUT2D eigenvalue weighted by atomic mass is 10.0. The van der Waals surface area contributed by atoms with Gasteiger partial charge in [-0.05, 0) is 29.6 Å². The van der Waals surface area contributed by atoms with Gasteiger partial charge in [0.15, 0.2) is 5.78 Å². The molecule has 0 saturated heterocycles. The molecule has 2 aromatic rings. The van der Waals surface area contributed by atoms with Crippen LogP contribution in [0.3, 0.4) is 0 Å². The summed E-state index contributed by atoms with van der Waals surface area (Å²) < 4.78 is 39.7. The third kappa shape index (κ3) is 2.03. The number of fused-ring (bicyclic) bond motifs is 1. The molecule has 2 heterocycles. The highest BCUT2D eigenvalue weighted by Gasteiger charge is 2.33. The van der Waals surface area contributed by atoms with Gasteiger partial charge in [-0.3, -0.25) is 9.10 Å². The van der Waals surface area contributed by atoms with Gasteiger partial charge < -0.3 is 0 Å². The molecule has 0 radical (unpaired) electrons. The van der Waals surface area contributed by atoms with Crippen molar-refractivity contribution < 1.29 is 17.6 Å². The molecular weight excluding hydrogens is 301 g/mol. The Balaban J connectivity index is 2.15. The van der Waals surface area contributed by atoms with Crippen LogP contribution in [0.1, 0.15) is 16.8 Å². The number of sulfonamides is 1. The normalized spacial score (nSPS) is 15.2.